The number of esters is 1. The summed E-state index contributed by atoms with van der Waals surface area (Å²) in [6.07, 6.45) is 0.159. The molecule has 0 radical (unpaired) electrons. The number of nitrogens with zero attached hydrogens (tertiary/aromatic N) is 2. The van der Waals surface area contributed by atoms with Crippen molar-refractivity contribution in [1.82, 2.24) is 10.0 Å². The number of ether oxygens (including phenoxy) is 1. The zero-order valence-electron chi connectivity index (χ0n) is 9.89. The van der Waals surface area contributed by atoms with Gasteiger partial charge in [0.1, 0.15) is 0 Å². The van der Waals surface area contributed by atoms with Crippen LogP contribution >= 0.6 is 0 Å². The molecule has 0 aromatic rings. The quantitative estimate of drug-likeness (QED) is 0.612. The molecule has 6 nitrogen and oxygen atoms in total. The second-order valence-corrected chi connectivity index (χ2v) is 3.88. The van der Waals surface area contributed by atoms with Crippen molar-refractivity contribution in [3.05, 3.63) is 0 Å². The first kappa shape index (κ1) is 12.6. The van der Waals surface area contributed by atoms with E-state index in [1.54, 1.807) is 14.0 Å². The van der Waals surface area contributed by atoms with Crippen molar-refractivity contribution in [2.75, 3.05) is 14.2 Å². The highest BCUT2D eigenvalue weighted by molar-refractivity contribution is 5.95. The lowest BCUT2D eigenvalue weighted by atomic mass is 10.00. The summed E-state index contributed by atoms with van der Waals surface area (Å²) >= 11 is 0. The molecule has 1 fully saturated rings. The van der Waals surface area contributed by atoms with Gasteiger partial charge < -0.3 is 4.74 Å². The lowest BCUT2D eigenvalue weighted by Gasteiger charge is -2.27. The fourth-order valence-corrected chi connectivity index (χ4v) is 1.96. The molecule has 90 valence electrons. The molecule has 16 heavy (non-hydrogen) atoms. The maximum absolute atomic E-state index is 11.6. The van der Waals surface area contributed by atoms with Gasteiger partial charge in [-0.05, 0) is 0 Å². The van der Waals surface area contributed by atoms with E-state index < -0.39 is 5.92 Å². The second kappa shape index (κ2) is 4.61. The predicted octanol–water partition coefficient (Wildman–Crippen LogP) is -0.210. The third-order valence-corrected chi connectivity index (χ3v) is 2.86. The molecular formula is C10H16N2O4. The molecular weight excluding hydrogens is 212 g/mol. The van der Waals surface area contributed by atoms with E-state index in [2.05, 4.69) is 4.74 Å². The van der Waals surface area contributed by atoms with Crippen molar-refractivity contribution >= 4 is 17.8 Å². The summed E-state index contributed by atoms with van der Waals surface area (Å²) in [4.78, 5) is 34.1. The Morgan fingerprint density at radius 3 is 2.44 bits per heavy atom. The Morgan fingerprint density at radius 2 is 2.06 bits per heavy atom. The van der Waals surface area contributed by atoms with E-state index in [0.717, 1.165) is 5.01 Å². The SMILES string of the molecule is COC(=O)C(C)C1CC(=O)N(C(C)=O)N1C. The summed E-state index contributed by atoms with van der Waals surface area (Å²) in [7, 11) is 2.93. The fraction of sp³-hybridized carbons (Fsp3) is 0.700. The molecule has 0 saturated carbocycles. The van der Waals surface area contributed by atoms with Gasteiger partial charge in [0.2, 0.25) is 11.8 Å². The molecule has 0 aromatic heterocycles. The molecule has 0 aliphatic carbocycles. The minimum Gasteiger partial charge on any atom is -0.469 e. The second-order valence-electron chi connectivity index (χ2n) is 3.88. The highest BCUT2D eigenvalue weighted by Gasteiger charge is 2.42. The monoisotopic (exact) mass is 228 g/mol. The molecule has 6 heteroatoms. The normalized spacial score (nSPS) is 23.4. The van der Waals surface area contributed by atoms with Crippen LogP contribution in [0.25, 0.3) is 0 Å². The van der Waals surface area contributed by atoms with Gasteiger partial charge in [-0.2, -0.15) is 0 Å². The van der Waals surface area contributed by atoms with Crippen LogP contribution in [0.3, 0.4) is 0 Å². The van der Waals surface area contributed by atoms with Gasteiger partial charge in [0, 0.05) is 20.4 Å². The smallest absolute Gasteiger partial charge is 0.310 e. The molecule has 2 unspecified atom stereocenters. The van der Waals surface area contributed by atoms with Crippen LogP contribution in [0.15, 0.2) is 0 Å². The van der Waals surface area contributed by atoms with Crippen molar-refractivity contribution in [2.45, 2.75) is 26.3 Å². The lowest BCUT2D eigenvalue weighted by molar-refractivity contribution is -0.158. The number of amides is 2. The van der Waals surface area contributed by atoms with E-state index in [1.165, 1.54) is 19.0 Å². The zero-order valence-corrected chi connectivity index (χ0v) is 9.89. The van der Waals surface area contributed by atoms with Gasteiger partial charge in [-0.1, -0.05) is 6.92 Å². The van der Waals surface area contributed by atoms with Gasteiger partial charge >= 0.3 is 5.97 Å². The number of carbonyl (C=O) groups is 3. The average Bonchev–Trinajstić information content (AvgIpc) is 2.51. The summed E-state index contributed by atoms with van der Waals surface area (Å²) < 4.78 is 4.62. The minimum absolute atomic E-state index is 0.159. The third-order valence-electron chi connectivity index (χ3n) is 2.86. The topological polar surface area (TPSA) is 66.9 Å². The summed E-state index contributed by atoms with van der Waals surface area (Å²) in [6.45, 7) is 3.00. The van der Waals surface area contributed by atoms with E-state index in [1.807, 2.05) is 0 Å². The van der Waals surface area contributed by atoms with Gasteiger partial charge in [-0.3, -0.25) is 14.4 Å². The van der Waals surface area contributed by atoms with Crippen molar-refractivity contribution in [3.8, 4) is 0 Å². The Bertz CT molecular complexity index is 329. The first-order valence-corrected chi connectivity index (χ1v) is 5.04. The van der Waals surface area contributed by atoms with Crippen molar-refractivity contribution in [3.63, 3.8) is 0 Å². The maximum Gasteiger partial charge on any atom is 0.310 e. The van der Waals surface area contributed by atoms with Gasteiger partial charge in [0.05, 0.1) is 19.1 Å². The van der Waals surface area contributed by atoms with Gasteiger partial charge in [0.15, 0.2) is 0 Å². The predicted molar refractivity (Wildman–Crippen MR) is 54.9 cm³/mol. The minimum atomic E-state index is -0.441. The summed E-state index contributed by atoms with van der Waals surface area (Å²) in [5.74, 6) is -1.44. The molecule has 1 aliphatic heterocycles. The van der Waals surface area contributed by atoms with Crippen LogP contribution in [-0.2, 0) is 19.1 Å². The van der Waals surface area contributed by atoms with Crippen molar-refractivity contribution < 1.29 is 19.1 Å². The first-order chi connectivity index (χ1) is 7.40. The molecule has 1 saturated heterocycles. The van der Waals surface area contributed by atoms with Crippen LogP contribution < -0.4 is 0 Å². The van der Waals surface area contributed by atoms with E-state index in [0.29, 0.717) is 0 Å². The van der Waals surface area contributed by atoms with Crippen LogP contribution in [-0.4, -0.2) is 48.0 Å². The molecule has 2 atom stereocenters. The third kappa shape index (κ3) is 2.06. The highest BCUT2D eigenvalue weighted by Crippen LogP contribution is 2.24. The van der Waals surface area contributed by atoms with Gasteiger partial charge in [-0.15, -0.1) is 0 Å². The average molecular weight is 228 g/mol. The fourth-order valence-electron chi connectivity index (χ4n) is 1.96. The summed E-state index contributed by atoms with van der Waals surface area (Å²) in [5, 5.41) is 2.57. The number of hydrazine groups is 1. The largest absolute Gasteiger partial charge is 0.469 e. The Kier molecular flexibility index (Phi) is 3.64. The number of hydrogen-bond donors (Lipinski definition) is 0. The lowest BCUT2D eigenvalue weighted by Crippen LogP contribution is -2.45. The highest BCUT2D eigenvalue weighted by atomic mass is 16.5. The van der Waals surface area contributed by atoms with E-state index in [9.17, 15) is 14.4 Å². The maximum atomic E-state index is 11.6. The summed E-state index contributed by atoms with van der Waals surface area (Å²) in [5.41, 5.74) is 0. The molecule has 0 spiro atoms. The molecule has 0 aromatic carbocycles. The molecule has 1 rings (SSSR count). The van der Waals surface area contributed by atoms with Crippen molar-refractivity contribution in [2.24, 2.45) is 5.92 Å². The van der Waals surface area contributed by atoms with Crippen LogP contribution in [0.4, 0.5) is 0 Å². The van der Waals surface area contributed by atoms with E-state index in [4.69, 9.17) is 0 Å². The standard InChI is InChI=1S/C10H16N2O4/c1-6(10(15)16-4)8-5-9(14)12(7(2)13)11(8)3/h6,8H,5H2,1-4H3. The molecule has 1 aliphatic rings. The van der Waals surface area contributed by atoms with Crippen LogP contribution in [0.1, 0.15) is 20.3 Å². The van der Waals surface area contributed by atoms with Crippen LogP contribution in [0.5, 0.6) is 0 Å². The number of imide groups is 1. The molecule has 1 heterocycles. The van der Waals surface area contributed by atoms with Gasteiger partial charge in [-0.25, -0.2) is 10.0 Å². The molecule has 0 bridgehead atoms. The molecule has 2 amide bonds. The first-order valence-electron chi connectivity index (χ1n) is 5.04. The Labute approximate surface area is 94.1 Å². The van der Waals surface area contributed by atoms with Gasteiger partial charge in [0.25, 0.3) is 0 Å². The number of hydrogen-bond acceptors (Lipinski definition) is 5. The van der Waals surface area contributed by atoms with E-state index in [-0.39, 0.29) is 30.2 Å². The Hall–Kier alpha value is -1.43. The van der Waals surface area contributed by atoms with E-state index >= 15 is 0 Å². The van der Waals surface area contributed by atoms with Crippen LogP contribution in [0.2, 0.25) is 0 Å². The zero-order chi connectivity index (χ0) is 12.5. The number of carbonyl (C=O) groups excluding carboxylic acids is 3. The Balaban J connectivity index is 2.83. The Morgan fingerprint density at radius 1 is 1.50 bits per heavy atom. The summed E-state index contributed by atoms with van der Waals surface area (Å²) in [6, 6.07) is -0.316. The van der Waals surface area contributed by atoms with Crippen molar-refractivity contribution in [1.29, 1.82) is 0 Å². The van der Waals surface area contributed by atoms with Crippen LogP contribution in [0, 0.1) is 5.92 Å². The number of methoxy groups -OCH3 is 1. The number of rotatable bonds is 2. The molecule has 0 N–H and O–H groups in total.